The van der Waals surface area contributed by atoms with Gasteiger partial charge in [0.25, 0.3) is 0 Å². The molecule has 2 aromatic heterocycles. The van der Waals surface area contributed by atoms with Crippen LogP contribution in [-0.2, 0) is 24.7 Å². The molecular weight excluding hydrogens is 376 g/mol. The van der Waals surface area contributed by atoms with Crippen LogP contribution in [-0.4, -0.2) is 26.4 Å². The third-order valence-corrected chi connectivity index (χ3v) is 6.77. The van der Waals surface area contributed by atoms with Gasteiger partial charge in [-0.15, -0.1) is 21.5 Å². The summed E-state index contributed by atoms with van der Waals surface area (Å²) in [5, 5.41) is 14.6. The van der Waals surface area contributed by atoms with Crippen molar-refractivity contribution in [3.63, 3.8) is 0 Å². The predicted molar refractivity (Wildman–Crippen MR) is 109 cm³/mol. The maximum Gasteiger partial charge on any atom is 0.230 e. The van der Waals surface area contributed by atoms with Gasteiger partial charge in [-0.1, -0.05) is 42.1 Å². The largest absolute Gasteiger partial charge is 0.349 e. The molecule has 1 unspecified atom stereocenters. The summed E-state index contributed by atoms with van der Waals surface area (Å²) in [5.74, 6) is 1.31. The van der Waals surface area contributed by atoms with Crippen molar-refractivity contribution in [1.29, 1.82) is 0 Å². The van der Waals surface area contributed by atoms with Crippen LogP contribution in [0.15, 0.2) is 46.9 Å². The number of carbonyl (C=O) groups is 1. The Morgan fingerprint density at radius 3 is 3.04 bits per heavy atom. The number of nitrogens with zero attached hydrogens (tertiary/aromatic N) is 3. The first kappa shape index (κ1) is 18.3. The molecule has 0 radical (unpaired) electrons. The number of fused-ring (bicyclic) bond motifs is 1. The van der Waals surface area contributed by atoms with E-state index in [9.17, 15) is 4.79 Å². The van der Waals surface area contributed by atoms with Gasteiger partial charge in [0.15, 0.2) is 5.16 Å². The van der Waals surface area contributed by atoms with Crippen molar-refractivity contribution < 1.29 is 4.79 Å². The molecule has 7 heteroatoms. The van der Waals surface area contributed by atoms with Crippen LogP contribution in [0.3, 0.4) is 0 Å². The van der Waals surface area contributed by atoms with Crippen LogP contribution in [0.4, 0.5) is 0 Å². The van der Waals surface area contributed by atoms with Gasteiger partial charge in [0, 0.05) is 18.3 Å². The summed E-state index contributed by atoms with van der Waals surface area (Å²) in [4.78, 5) is 13.7. The first-order chi connectivity index (χ1) is 13.2. The van der Waals surface area contributed by atoms with E-state index in [0.717, 1.165) is 36.7 Å². The molecule has 0 spiro atoms. The number of hydrogen-bond acceptors (Lipinski definition) is 5. The van der Waals surface area contributed by atoms with E-state index in [0.29, 0.717) is 5.75 Å². The molecule has 1 atom stereocenters. The molecule has 0 fully saturated rings. The lowest BCUT2D eigenvalue weighted by Gasteiger charge is -2.26. The summed E-state index contributed by atoms with van der Waals surface area (Å²) in [5.41, 5.74) is 2.62. The smallest absolute Gasteiger partial charge is 0.230 e. The Labute approximate surface area is 167 Å². The summed E-state index contributed by atoms with van der Waals surface area (Å²) >= 11 is 3.15. The number of aromatic nitrogens is 3. The standard InChI is InChI=1S/C20H22N4OS2/c1-24-18(12-15-8-5-11-26-15)22-23-20(24)27-13-19(25)21-17-10-4-7-14-6-2-3-9-16(14)17/h2-3,5-6,8-9,11,17H,4,7,10,12-13H2,1H3,(H,21,25). The van der Waals surface area contributed by atoms with E-state index in [1.165, 1.54) is 27.8 Å². The first-order valence-electron chi connectivity index (χ1n) is 9.11. The zero-order valence-corrected chi connectivity index (χ0v) is 16.9. The van der Waals surface area contributed by atoms with E-state index in [-0.39, 0.29) is 11.9 Å². The zero-order chi connectivity index (χ0) is 18.6. The van der Waals surface area contributed by atoms with Crippen molar-refractivity contribution in [2.45, 2.75) is 36.9 Å². The molecule has 3 aromatic rings. The monoisotopic (exact) mass is 398 g/mol. The van der Waals surface area contributed by atoms with Crippen LogP contribution in [0.25, 0.3) is 0 Å². The minimum atomic E-state index is 0.0458. The van der Waals surface area contributed by atoms with Crippen LogP contribution < -0.4 is 5.32 Å². The molecular formula is C20H22N4OS2. The molecule has 4 rings (SSSR count). The molecule has 1 N–H and O–H groups in total. The Balaban J connectivity index is 1.34. The van der Waals surface area contributed by atoms with E-state index in [1.807, 2.05) is 23.7 Å². The second kappa shape index (κ2) is 8.27. The topological polar surface area (TPSA) is 59.8 Å². The maximum absolute atomic E-state index is 12.5. The number of thioether (sulfide) groups is 1. The highest BCUT2D eigenvalue weighted by Crippen LogP contribution is 2.29. The van der Waals surface area contributed by atoms with Gasteiger partial charge >= 0.3 is 0 Å². The molecule has 1 aliphatic rings. The van der Waals surface area contributed by atoms with Crippen molar-refractivity contribution in [3.8, 4) is 0 Å². The van der Waals surface area contributed by atoms with Gasteiger partial charge in [-0.2, -0.15) is 0 Å². The molecule has 0 aliphatic heterocycles. The van der Waals surface area contributed by atoms with Crippen LogP contribution in [0.2, 0.25) is 0 Å². The summed E-state index contributed by atoms with van der Waals surface area (Å²) in [6.45, 7) is 0. The lowest BCUT2D eigenvalue weighted by molar-refractivity contribution is -0.119. The van der Waals surface area contributed by atoms with Gasteiger partial charge in [0.2, 0.25) is 5.91 Å². The van der Waals surface area contributed by atoms with E-state index in [4.69, 9.17) is 0 Å². The van der Waals surface area contributed by atoms with E-state index >= 15 is 0 Å². The van der Waals surface area contributed by atoms with E-state index in [2.05, 4.69) is 45.2 Å². The minimum Gasteiger partial charge on any atom is -0.349 e. The second-order valence-corrected chi connectivity index (χ2v) is 8.69. The van der Waals surface area contributed by atoms with Crippen molar-refractivity contribution in [2.75, 3.05) is 5.75 Å². The number of aryl methyl sites for hydroxylation is 1. The Morgan fingerprint density at radius 1 is 1.30 bits per heavy atom. The number of amides is 1. The van der Waals surface area contributed by atoms with Crippen LogP contribution in [0, 0.1) is 0 Å². The van der Waals surface area contributed by atoms with E-state index < -0.39 is 0 Å². The molecule has 0 saturated heterocycles. The molecule has 27 heavy (non-hydrogen) atoms. The number of carbonyl (C=O) groups excluding carboxylic acids is 1. The molecule has 0 bridgehead atoms. The fraction of sp³-hybridized carbons (Fsp3) is 0.350. The second-order valence-electron chi connectivity index (χ2n) is 6.71. The van der Waals surface area contributed by atoms with Gasteiger partial charge in [-0.05, 0) is 41.8 Å². The number of rotatable bonds is 6. The fourth-order valence-corrected chi connectivity index (χ4v) is 4.91. The quantitative estimate of drug-likeness (QED) is 0.643. The van der Waals surface area contributed by atoms with E-state index in [1.54, 1.807) is 11.3 Å². The lowest BCUT2D eigenvalue weighted by atomic mass is 9.88. The molecule has 140 valence electrons. The van der Waals surface area contributed by atoms with Crippen molar-refractivity contribution in [1.82, 2.24) is 20.1 Å². The molecule has 1 aromatic carbocycles. The van der Waals surface area contributed by atoms with Crippen LogP contribution in [0.1, 0.15) is 40.7 Å². The zero-order valence-electron chi connectivity index (χ0n) is 15.2. The maximum atomic E-state index is 12.5. The van der Waals surface area contributed by atoms with Gasteiger partial charge < -0.3 is 9.88 Å². The van der Waals surface area contributed by atoms with Crippen LogP contribution in [0.5, 0.6) is 0 Å². The average Bonchev–Trinajstić information content (AvgIpc) is 3.31. The Hall–Kier alpha value is -2.12. The van der Waals surface area contributed by atoms with Gasteiger partial charge in [-0.3, -0.25) is 4.79 Å². The summed E-state index contributed by atoms with van der Waals surface area (Å²) in [6.07, 6.45) is 3.99. The highest BCUT2D eigenvalue weighted by atomic mass is 32.2. The molecule has 2 heterocycles. The number of nitrogens with one attached hydrogen (secondary N) is 1. The molecule has 0 saturated carbocycles. The number of thiophene rings is 1. The van der Waals surface area contributed by atoms with Gasteiger partial charge in [-0.25, -0.2) is 0 Å². The molecule has 1 aliphatic carbocycles. The van der Waals surface area contributed by atoms with Crippen molar-refractivity contribution in [3.05, 3.63) is 63.6 Å². The SMILES string of the molecule is Cn1c(Cc2cccs2)nnc1SCC(=O)NC1CCCc2ccccc21. The highest BCUT2D eigenvalue weighted by molar-refractivity contribution is 7.99. The summed E-state index contributed by atoms with van der Waals surface area (Å²) in [6, 6.07) is 12.7. The summed E-state index contributed by atoms with van der Waals surface area (Å²) < 4.78 is 1.98. The molecule has 5 nitrogen and oxygen atoms in total. The summed E-state index contributed by atoms with van der Waals surface area (Å²) in [7, 11) is 1.96. The Bertz CT molecular complexity index is 920. The Kier molecular flexibility index (Phi) is 5.59. The van der Waals surface area contributed by atoms with Gasteiger partial charge in [0.05, 0.1) is 11.8 Å². The molecule has 1 amide bonds. The number of benzene rings is 1. The van der Waals surface area contributed by atoms with Crippen LogP contribution >= 0.6 is 23.1 Å². The normalized spacial score (nSPS) is 16.1. The van der Waals surface area contributed by atoms with Crippen molar-refractivity contribution >= 4 is 29.0 Å². The van der Waals surface area contributed by atoms with Crippen molar-refractivity contribution in [2.24, 2.45) is 7.05 Å². The van der Waals surface area contributed by atoms with Gasteiger partial charge in [0.1, 0.15) is 5.82 Å². The lowest BCUT2D eigenvalue weighted by Crippen LogP contribution is -2.32. The Morgan fingerprint density at radius 2 is 2.19 bits per heavy atom. The first-order valence-corrected chi connectivity index (χ1v) is 11.0. The third-order valence-electron chi connectivity index (χ3n) is 4.87. The minimum absolute atomic E-state index is 0.0458. The number of hydrogen-bond donors (Lipinski definition) is 1. The average molecular weight is 399 g/mol. The fourth-order valence-electron chi connectivity index (χ4n) is 3.46. The third kappa shape index (κ3) is 4.25. The predicted octanol–water partition coefficient (Wildman–Crippen LogP) is 3.75. The highest BCUT2D eigenvalue weighted by Gasteiger charge is 2.21.